The summed E-state index contributed by atoms with van der Waals surface area (Å²) in [5, 5.41) is 7.76. The van der Waals surface area contributed by atoms with E-state index in [2.05, 4.69) is 16.0 Å². The highest BCUT2D eigenvalue weighted by Gasteiger charge is 1.59. The first kappa shape index (κ1) is 7.91. The van der Waals surface area contributed by atoms with Crippen LogP contribution in [0.2, 0.25) is 0 Å². The van der Waals surface area contributed by atoms with Crippen molar-refractivity contribution in [3.05, 3.63) is 31.5 Å². The van der Waals surface area contributed by atoms with Crippen LogP contribution in [0.3, 0.4) is 0 Å². The molecule has 0 amide bonds. The average Bonchev–Trinajstić information content (AvgIpc) is 2.43. The summed E-state index contributed by atoms with van der Waals surface area (Å²) in [4.78, 5) is 3.56. The molecule has 0 aliphatic rings. The highest BCUT2D eigenvalue weighted by Crippen LogP contribution is 1.72. The van der Waals surface area contributed by atoms with E-state index in [1.807, 2.05) is 0 Å². The summed E-state index contributed by atoms with van der Waals surface area (Å²) in [6.45, 7) is 3.31. The van der Waals surface area contributed by atoms with E-state index < -0.39 is 0 Å². The minimum atomic E-state index is 0.0833. The van der Waals surface area contributed by atoms with E-state index in [1.54, 1.807) is 6.20 Å². The number of hydrogen-bond donors (Lipinski definition) is 1. The first-order chi connectivity index (χ1) is 4.41. The van der Waals surface area contributed by atoms with Crippen molar-refractivity contribution in [2.24, 2.45) is 0 Å². The summed E-state index contributed by atoms with van der Waals surface area (Å²) in [5.41, 5.74) is 0. The maximum Gasteiger partial charge on any atom is 0.180 e. The quantitative estimate of drug-likeness (QED) is 0.568. The third-order valence-electron chi connectivity index (χ3n) is 0.476. The van der Waals surface area contributed by atoms with Crippen molar-refractivity contribution in [2.75, 3.05) is 6.61 Å². The van der Waals surface area contributed by atoms with Gasteiger partial charge in [0.15, 0.2) is 6.39 Å². The normalized spacial score (nSPS) is 7.22. The zero-order valence-corrected chi connectivity index (χ0v) is 5.03. The van der Waals surface area contributed by atoms with E-state index >= 15 is 0 Å². The van der Waals surface area contributed by atoms with Gasteiger partial charge in [0.1, 0.15) is 6.26 Å². The SMILES string of the molecule is C=CCO.c1cocn1. The number of aliphatic hydroxyl groups excluding tert-OH is 1. The van der Waals surface area contributed by atoms with Gasteiger partial charge < -0.3 is 9.52 Å². The van der Waals surface area contributed by atoms with Crippen LogP contribution in [0.4, 0.5) is 0 Å². The summed E-state index contributed by atoms with van der Waals surface area (Å²) in [6.07, 6.45) is 5.90. The van der Waals surface area contributed by atoms with Crippen LogP contribution < -0.4 is 0 Å². The Kier molecular flexibility index (Phi) is 6.07. The van der Waals surface area contributed by atoms with Gasteiger partial charge in [0.05, 0.1) is 12.8 Å². The van der Waals surface area contributed by atoms with Crippen LogP contribution in [0.5, 0.6) is 0 Å². The van der Waals surface area contributed by atoms with E-state index in [0.717, 1.165) is 0 Å². The molecule has 0 bridgehead atoms. The molecule has 0 saturated heterocycles. The fraction of sp³-hybridized carbons (Fsp3) is 0.167. The first-order valence-electron chi connectivity index (χ1n) is 2.45. The van der Waals surface area contributed by atoms with Gasteiger partial charge in [-0.3, -0.25) is 0 Å². The third-order valence-corrected chi connectivity index (χ3v) is 0.476. The first-order valence-corrected chi connectivity index (χ1v) is 2.45. The lowest BCUT2D eigenvalue weighted by atomic mass is 10.7. The molecule has 1 N–H and O–H groups in total. The molecule has 9 heavy (non-hydrogen) atoms. The van der Waals surface area contributed by atoms with Gasteiger partial charge in [0, 0.05) is 0 Å². The van der Waals surface area contributed by atoms with E-state index in [1.165, 1.54) is 18.7 Å². The number of aliphatic hydroxyl groups is 1. The van der Waals surface area contributed by atoms with Crippen LogP contribution in [0.15, 0.2) is 35.9 Å². The molecule has 1 rings (SSSR count). The van der Waals surface area contributed by atoms with Crippen molar-refractivity contribution in [2.45, 2.75) is 0 Å². The number of hydrogen-bond acceptors (Lipinski definition) is 3. The van der Waals surface area contributed by atoms with E-state index in [4.69, 9.17) is 5.11 Å². The van der Waals surface area contributed by atoms with Gasteiger partial charge in [-0.15, -0.1) is 6.58 Å². The summed E-state index contributed by atoms with van der Waals surface area (Å²) >= 11 is 0. The largest absolute Gasteiger partial charge is 0.452 e. The zero-order chi connectivity index (χ0) is 6.95. The van der Waals surface area contributed by atoms with Crippen LogP contribution >= 0.6 is 0 Å². The van der Waals surface area contributed by atoms with E-state index in [0.29, 0.717) is 0 Å². The second-order valence-electron chi connectivity index (χ2n) is 1.15. The number of nitrogens with zero attached hydrogens (tertiary/aromatic N) is 1. The summed E-state index contributed by atoms with van der Waals surface area (Å²) in [5.74, 6) is 0. The maximum absolute atomic E-state index is 7.76. The summed E-state index contributed by atoms with van der Waals surface area (Å²) in [6, 6.07) is 0. The standard InChI is InChI=1S/C3H3NO.C3H6O/c1-2-5-3-4-1;1-2-3-4/h1-3H;2,4H,1,3H2. The molecule has 0 atom stereocenters. The zero-order valence-electron chi connectivity index (χ0n) is 5.03. The van der Waals surface area contributed by atoms with Gasteiger partial charge >= 0.3 is 0 Å². The van der Waals surface area contributed by atoms with Gasteiger partial charge in [0.25, 0.3) is 0 Å². The summed E-state index contributed by atoms with van der Waals surface area (Å²) in [7, 11) is 0. The monoisotopic (exact) mass is 127 g/mol. The Morgan fingerprint density at radius 2 is 2.44 bits per heavy atom. The second-order valence-corrected chi connectivity index (χ2v) is 1.15. The van der Waals surface area contributed by atoms with Gasteiger partial charge in [0.2, 0.25) is 0 Å². The van der Waals surface area contributed by atoms with Crippen molar-refractivity contribution in [3.8, 4) is 0 Å². The Morgan fingerprint density at radius 1 is 1.78 bits per heavy atom. The second kappa shape index (κ2) is 6.91. The van der Waals surface area contributed by atoms with Crippen LogP contribution in [0, 0.1) is 0 Å². The molecular formula is C6H9NO2. The summed E-state index contributed by atoms with van der Waals surface area (Å²) < 4.78 is 4.47. The molecule has 0 aliphatic heterocycles. The fourth-order valence-corrected chi connectivity index (χ4v) is 0.176. The predicted octanol–water partition coefficient (Wildman–Crippen LogP) is 0.839. The molecule has 0 aromatic carbocycles. The molecule has 1 heterocycles. The third kappa shape index (κ3) is 6.91. The van der Waals surface area contributed by atoms with Crippen molar-refractivity contribution in [1.29, 1.82) is 0 Å². The number of rotatable bonds is 1. The van der Waals surface area contributed by atoms with Crippen molar-refractivity contribution < 1.29 is 9.52 Å². The van der Waals surface area contributed by atoms with Gasteiger partial charge in [-0.2, -0.15) is 0 Å². The lowest BCUT2D eigenvalue weighted by molar-refractivity contribution is 0.343. The maximum atomic E-state index is 7.76. The molecule has 0 unspecified atom stereocenters. The Hall–Kier alpha value is -1.09. The topological polar surface area (TPSA) is 46.3 Å². The molecule has 0 saturated carbocycles. The van der Waals surface area contributed by atoms with Gasteiger partial charge in [-0.05, 0) is 0 Å². The van der Waals surface area contributed by atoms with Crippen LogP contribution in [0.25, 0.3) is 0 Å². The average molecular weight is 127 g/mol. The lowest BCUT2D eigenvalue weighted by Crippen LogP contribution is -1.62. The smallest absolute Gasteiger partial charge is 0.180 e. The molecule has 1 aromatic rings. The molecular weight excluding hydrogens is 118 g/mol. The molecule has 0 spiro atoms. The molecule has 0 radical (unpaired) electrons. The minimum absolute atomic E-state index is 0.0833. The van der Waals surface area contributed by atoms with Crippen molar-refractivity contribution in [3.63, 3.8) is 0 Å². The van der Waals surface area contributed by atoms with E-state index in [-0.39, 0.29) is 6.61 Å². The van der Waals surface area contributed by atoms with Crippen LogP contribution in [-0.4, -0.2) is 16.7 Å². The van der Waals surface area contributed by atoms with Crippen molar-refractivity contribution >= 4 is 0 Å². The molecule has 0 aliphatic carbocycles. The molecule has 3 heteroatoms. The van der Waals surface area contributed by atoms with Gasteiger partial charge in [-0.1, -0.05) is 6.08 Å². The van der Waals surface area contributed by atoms with Gasteiger partial charge in [-0.25, -0.2) is 4.98 Å². The van der Waals surface area contributed by atoms with E-state index in [9.17, 15) is 0 Å². The lowest BCUT2D eigenvalue weighted by Gasteiger charge is -1.60. The van der Waals surface area contributed by atoms with Crippen LogP contribution in [0.1, 0.15) is 0 Å². The Balaban J connectivity index is 0.000000148. The molecule has 3 nitrogen and oxygen atoms in total. The number of oxazole rings is 1. The number of aromatic nitrogens is 1. The highest BCUT2D eigenvalue weighted by molar-refractivity contribution is 4.60. The van der Waals surface area contributed by atoms with Crippen molar-refractivity contribution in [1.82, 2.24) is 4.98 Å². The Morgan fingerprint density at radius 3 is 2.56 bits per heavy atom. The Labute approximate surface area is 53.7 Å². The minimum Gasteiger partial charge on any atom is -0.452 e. The predicted molar refractivity (Wildman–Crippen MR) is 33.8 cm³/mol. The molecule has 50 valence electrons. The van der Waals surface area contributed by atoms with Crippen LogP contribution in [-0.2, 0) is 0 Å². The fourth-order valence-electron chi connectivity index (χ4n) is 0.176. The Bertz CT molecular complexity index is 108. The molecule has 1 aromatic heterocycles. The molecule has 0 fully saturated rings. The highest BCUT2D eigenvalue weighted by atomic mass is 16.3.